The molecule has 3 rings (SSSR count). The van der Waals surface area contributed by atoms with E-state index < -0.39 is 124 Å². The van der Waals surface area contributed by atoms with Gasteiger partial charge in [-0.25, -0.2) is 0 Å². The molecule has 3 fully saturated rings. The number of aliphatic hydroxyl groups is 11. The van der Waals surface area contributed by atoms with Gasteiger partial charge in [-0.2, -0.15) is 0 Å². The van der Waals surface area contributed by atoms with Gasteiger partial charge in [0.15, 0.2) is 18.9 Å². The van der Waals surface area contributed by atoms with Crippen LogP contribution in [0.15, 0.2) is 12.2 Å². The van der Waals surface area contributed by atoms with E-state index in [4.69, 9.17) is 28.4 Å². The second-order valence-corrected chi connectivity index (χ2v) is 26.4. The molecule has 19 nitrogen and oxygen atoms in total. The van der Waals surface area contributed by atoms with Crippen molar-refractivity contribution in [1.82, 2.24) is 5.32 Å². The van der Waals surface area contributed by atoms with Crippen LogP contribution in [0, 0.1) is 0 Å². The molecule has 89 heavy (non-hydrogen) atoms. The Labute approximate surface area is 537 Å². The number of amides is 1. The fourth-order valence-corrected chi connectivity index (χ4v) is 12.7. The van der Waals surface area contributed by atoms with Crippen molar-refractivity contribution in [3.8, 4) is 0 Å². The first kappa shape index (κ1) is 81.8. The molecule has 17 unspecified atom stereocenters. The molecule has 1 amide bonds. The van der Waals surface area contributed by atoms with Crippen LogP contribution in [0.4, 0.5) is 0 Å². The Kier molecular flexibility index (Phi) is 48.5. The normalized spacial score (nSPS) is 28.2. The smallest absolute Gasteiger partial charge is 0.220 e. The lowest BCUT2D eigenvalue weighted by Gasteiger charge is -2.48. The quantitative estimate of drug-likeness (QED) is 0.0199. The highest BCUT2D eigenvalue weighted by atomic mass is 16.8. The summed E-state index contributed by atoms with van der Waals surface area (Å²) in [4.78, 5) is 13.4. The second-order valence-electron chi connectivity index (χ2n) is 26.4. The zero-order chi connectivity index (χ0) is 64.7. The Morgan fingerprint density at radius 3 is 1.06 bits per heavy atom. The van der Waals surface area contributed by atoms with Gasteiger partial charge in [0.2, 0.25) is 5.91 Å². The number of rotatable bonds is 57. The lowest BCUT2D eigenvalue weighted by Crippen LogP contribution is -2.66. The molecule has 0 radical (unpaired) electrons. The number of aliphatic hydroxyl groups excluding tert-OH is 11. The van der Waals surface area contributed by atoms with Gasteiger partial charge >= 0.3 is 0 Å². The molecule has 3 heterocycles. The number of carbonyl (C=O) groups excluding carboxylic acids is 1. The number of hydrogen-bond donors (Lipinski definition) is 12. The van der Waals surface area contributed by atoms with Crippen LogP contribution in [-0.4, -0.2) is 193 Å². The van der Waals surface area contributed by atoms with E-state index in [0.29, 0.717) is 6.42 Å². The molecule has 0 spiro atoms. The molecule has 3 aliphatic heterocycles. The summed E-state index contributed by atoms with van der Waals surface area (Å²) in [7, 11) is 0. The lowest BCUT2D eigenvalue weighted by molar-refractivity contribution is -0.379. The van der Waals surface area contributed by atoms with Crippen molar-refractivity contribution in [3.05, 3.63) is 12.2 Å². The van der Waals surface area contributed by atoms with Crippen LogP contribution in [-0.2, 0) is 33.2 Å². The van der Waals surface area contributed by atoms with Crippen molar-refractivity contribution in [3.63, 3.8) is 0 Å². The van der Waals surface area contributed by atoms with E-state index in [1.807, 2.05) is 6.08 Å². The third-order valence-electron chi connectivity index (χ3n) is 18.6. The first-order chi connectivity index (χ1) is 43.3. The summed E-state index contributed by atoms with van der Waals surface area (Å²) in [5.41, 5.74) is 0. The number of nitrogens with one attached hydrogen (secondary N) is 1. The Bertz CT molecular complexity index is 1670. The van der Waals surface area contributed by atoms with Crippen molar-refractivity contribution < 1.29 is 89.4 Å². The number of hydrogen-bond acceptors (Lipinski definition) is 18. The Morgan fingerprint density at radius 1 is 0.393 bits per heavy atom. The molecule has 3 aliphatic rings. The highest BCUT2D eigenvalue weighted by Crippen LogP contribution is 2.33. The molecule has 0 aromatic heterocycles. The van der Waals surface area contributed by atoms with E-state index in [9.17, 15) is 61.0 Å². The molecule has 3 saturated heterocycles. The van der Waals surface area contributed by atoms with Crippen molar-refractivity contribution >= 4 is 5.91 Å². The SMILES string of the molecule is CCCCCCCCCCCCCCCC/C=C/C(O)C(COC1OC(CO)C(OC2OC(CO)C(OC3OC(CO)C(O)C(O)C3O)C(O)C2O)C(O)C1O)NC(=O)CCCCCCCCCCCCCCCCCCCCCCCCCCCCCC. The minimum Gasteiger partial charge on any atom is -0.394 e. The molecule has 526 valence electrons. The maximum Gasteiger partial charge on any atom is 0.220 e. The standard InChI is InChI=1S/C70H133NO18/c1-3-5-7-9-11-13-15-17-19-21-22-23-24-25-26-27-28-29-30-31-32-34-36-38-40-42-44-46-48-58(76)71-53(54(75)47-45-43-41-39-37-35-33-20-18-16-14-12-10-8-6-4-2)52-84-68-64(82)61(79)66(56(50-73)86-68)89-70-65(83)62(80)67(57(51-74)87-70)88-69-63(81)60(78)59(77)55(49-72)85-69/h45,47,53-57,59-70,72-75,77-83H,3-44,46,48-52H2,1-2H3,(H,71,76)/b47-45+. The van der Waals surface area contributed by atoms with E-state index in [1.54, 1.807) is 6.08 Å². The van der Waals surface area contributed by atoms with Gasteiger partial charge in [0.25, 0.3) is 0 Å². The molecule has 0 bridgehead atoms. The van der Waals surface area contributed by atoms with E-state index >= 15 is 0 Å². The average molecular weight is 1280 g/mol. The summed E-state index contributed by atoms with van der Waals surface area (Å²) < 4.78 is 34.4. The summed E-state index contributed by atoms with van der Waals surface area (Å²) in [5.74, 6) is -0.269. The molecule has 0 aromatic rings. The number of allylic oxidation sites excluding steroid dienone is 1. The van der Waals surface area contributed by atoms with Gasteiger partial charge in [-0.15, -0.1) is 0 Å². The van der Waals surface area contributed by atoms with Crippen LogP contribution in [0.25, 0.3) is 0 Å². The highest BCUT2D eigenvalue weighted by Gasteiger charge is 2.53. The predicted octanol–water partition coefficient (Wildman–Crippen LogP) is 10.1. The molecule has 0 saturated carbocycles. The summed E-state index contributed by atoms with van der Waals surface area (Å²) in [6.45, 7) is 1.77. The molecular formula is C70H133NO18. The topological polar surface area (TPSA) is 307 Å². The highest BCUT2D eigenvalue weighted by molar-refractivity contribution is 5.76. The zero-order valence-corrected chi connectivity index (χ0v) is 55.7. The third kappa shape index (κ3) is 34.7. The number of ether oxygens (including phenoxy) is 6. The number of unbranched alkanes of at least 4 members (excludes halogenated alkanes) is 41. The van der Waals surface area contributed by atoms with Crippen LogP contribution in [0.1, 0.15) is 296 Å². The second kappa shape index (κ2) is 52.8. The summed E-state index contributed by atoms with van der Waals surface area (Å²) >= 11 is 0. The van der Waals surface area contributed by atoms with Gasteiger partial charge in [0, 0.05) is 6.42 Å². The van der Waals surface area contributed by atoms with Crippen LogP contribution < -0.4 is 5.32 Å². The fourth-order valence-electron chi connectivity index (χ4n) is 12.7. The predicted molar refractivity (Wildman–Crippen MR) is 347 cm³/mol. The van der Waals surface area contributed by atoms with Crippen molar-refractivity contribution in [2.75, 3.05) is 26.4 Å². The Hall–Kier alpha value is -1.47. The fraction of sp³-hybridized carbons (Fsp3) is 0.957. The molecule has 17 atom stereocenters. The lowest BCUT2D eigenvalue weighted by atomic mass is 9.96. The summed E-state index contributed by atoms with van der Waals surface area (Å²) in [6.07, 6.45) is 32.0. The van der Waals surface area contributed by atoms with Crippen molar-refractivity contribution in [2.24, 2.45) is 0 Å². The first-order valence-electron chi connectivity index (χ1n) is 36.4. The molecular weight excluding hydrogens is 1140 g/mol. The summed E-state index contributed by atoms with van der Waals surface area (Å²) in [5, 5.41) is 121. The van der Waals surface area contributed by atoms with Crippen LogP contribution in [0.2, 0.25) is 0 Å². The Balaban J connectivity index is 1.39. The maximum absolute atomic E-state index is 13.4. The van der Waals surface area contributed by atoms with Gasteiger partial charge in [0.05, 0.1) is 38.6 Å². The van der Waals surface area contributed by atoms with Gasteiger partial charge in [-0.1, -0.05) is 283 Å². The van der Waals surface area contributed by atoms with E-state index in [-0.39, 0.29) is 18.9 Å². The zero-order valence-electron chi connectivity index (χ0n) is 55.7. The van der Waals surface area contributed by atoms with Crippen molar-refractivity contribution in [1.29, 1.82) is 0 Å². The van der Waals surface area contributed by atoms with Gasteiger partial charge in [-0.3, -0.25) is 4.79 Å². The molecule has 19 heteroatoms. The van der Waals surface area contributed by atoms with Crippen LogP contribution in [0.3, 0.4) is 0 Å². The molecule has 0 aromatic carbocycles. The van der Waals surface area contributed by atoms with Gasteiger partial charge in [-0.05, 0) is 19.3 Å². The van der Waals surface area contributed by atoms with E-state index in [0.717, 1.165) is 44.9 Å². The minimum atomic E-state index is -1.98. The third-order valence-corrected chi connectivity index (χ3v) is 18.6. The summed E-state index contributed by atoms with van der Waals surface area (Å²) in [6, 6.07) is -0.968. The van der Waals surface area contributed by atoms with Crippen molar-refractivity contribution in [2.45, 2.75) is 401 Å². The molecule has 0 aliphatic carbocycles. The minimum absolute atomic E-state index is 0.250. The average Bonchev–Trinajstić information content (AvgIpc) is 1.93. The van der Waals surface area contributed by atoms with Crippen LogP contribution in [0.5, 0.6) is 0 Å². The monoisotopic (exact) mass is 1280 g/mol. The Morgan fingerprint density at radius 2 is 0.697 bits per heavy atom. The molecule has 12 N–H and O–H groups in total. The van der Waals surface area contributed by atoms with Gasteiger partial charge < -0.3 is 89.9 Å². The maximum atomic E-state index is 13.4. The van der Waals surface area contributed by atoms with E-state index in [2.05, 4.69) is 19.2 Å². The first-order valence-corrected chi connectivity index (χ1v) is 36.4. The largest absolute Gasteiger partial charge is 0.394 e. The van der Waals surface area contributed by atoms with Crippen LogP contribution >= 0.6 is 0 Å². The van der Waals surface area contributed by atoms with E-state index in [1.165, 1.54) is 225 Å². The number of carbonyl (C=O) groups is 1. The van der Waals surface area contributed by atoms with Gasteiger partial charge in [0.1, 0.15) is 73.2 Å².